The van der Waals surface area contributed by atoms with Gasteiger partial charge < -0.3 is 0 Å². The molecular formula is C14H18N2O4Se. The summed E-state index contributed by atoms with van der Waals surface area (Å²) in [6, 6.07) is 7.03. The van der Waals surface area contributed by atoms with Crippen molar-refractivity contribution in [2.24, 2.45) is 5.73 Å². The maximum atomic E-state index is 12.0. The molecule has 6 nitrogen and oxygen atoms in total. The minimum atomic E-state index is -0.597. The van der Waals surface area contributed by atoms with E-state index >= 15 is 0 Å². The van der Waals surface area contributed by atoms with Crippen LogP contribution in [0.25, 0.3) is 0 Å². The Balaban J connectivity index is 2.60. The minimum absolute atomic E-state index is 0.163. The second-order valence-electron chi connectivity index (χ2n) is 4.17. The van der Waals surface area contributed by atoms with Crippen LogP contribution in [0.2, 0.25) is 0 Å². The van der Waals surface area contributed by atoms with Gasteiger partial charge in [0, 0.05) is 0 Å². The molecule has 0 radical (unpaired) electrons. The van der Waals surface area contributed by atoms with E-state index in [0.717, 1.165) is 10.9 Å². The number of nitrogens with one attached hydrogen (secondary N) is 1. The molecule has 21 heavy (non-hydrogen) atoms. The number of esters is 1. The number of amides is 2. The van der Waals surface area contributed by atoms with Gasteiger partial charge in [-0.25, -0.2) is 0 Å². The Kier molecular flexibility index (Phi) is 7.50. The third kappa shape index (κ3) is 6.42. The van der Waals surface area contributed by atoms with Crippen LogP contribution in [0.1, 0.15) is 30.1 Å². The van der Waals surface area contributed by atoms with Gasteiger partial charge in [-0.05, 0) is 0 Å². The Labute approximate surface area is 129 Å². The first-order chi connectivity index (χ1) is 10.0. The number of hydrogen-bond acceptors (Lipinski definition) is 4. The summed E-state index contributed by atoms with van der Waals surface area (Å²) in [5.41, 5.74) is 5.75. The Hall–Kier alpha value is -1.85. The van der Waals surface area contributed by atoms with Crippen molar-refractivity contribution >= 4 is 37.2 Å². The second kappa shape index (κ2) is 9.15. The van der Waals surface area contributed by atoms with Crippen LogP contribution < -0.4 is 15.5 Å². The van der Waals surface area contributed by atoms with Gasteiger partial charge in [0.15, 0.2) is 0 Å². The number of carbonyl (C=O) groups is 3. The van der Waals surface area contributed by atoms with Crippen molar-refractivity contribution in [2.75, 3.05) is 12.1 Å². The molecule has 0 aromatic heterocycles. The molecular weight excluding hydrogens is 339 g/mol. The van der Waals surface area contributed by atoms with Gasteiger partial charge in [-0.15, -0.1) is 0 Å². The topological polar surface area (TPSA) is 98.5 Å². The molecule has 0 fully saturated rings. The van der Waals surface area contributed by atoms with E-state index < -0.39 is 5.91 Å². The summed E-state index contributed by atoms with van der Waals surface area (Å²) in [4.78, 5) is 33.9. The molecule has 0 aliphatic heterocycles. The van der Waals surface area contributed by atoms with E-state index in [1.165, 1.54) is 0 Å². The Morgan fingerprint density at radius 3 is 2.67 bits per heavy atom. The number of benzene rings is 1. The summed E-state index contributed by atoms with van der Waals surface area (Å²) in [5, 5.41) is 2.45. The van der Waals surface area contributed by atoms with Gasteiger partial charge in [0.1, 0.15) is 0 Å². The molecule has 0 aliphatic rings. The van der Waals surface area contributed by atoms with E-state index in [4.69, 9.17) is 10.5 Å². The van der Waals surface area contributed by atoms with E-state index in [1.807, 2.05) is 19.1 Å². The SMILES string of the molecule is CCCC(=O)OC[Se]c1ccccc1C(=O)NCC(N)=O. The fourth-order valence-electron chi connectivity index (χ4n) is 1.48. The monoisotopic (exact) mass is 358 g/mol. The van der Waals surface area contributed by atoms with Crippen LogP contribution in [-0.2, 0) is 14.3 Å². The summed E-state index contributed by atoms with van der Waals surface area (Å²) < 4.78 is 5.92. The summed E-state index contributed by atoms with van der Waals surface area (Å²) in [6.07, 6.45) is 1.15. The zero-order valence-corrected chi connectivity index (χ0v) is 13.5. The van der Waals surface area contributed by atoms with Crippen molar-refractivity contribution in [3.63, 3.8) is 0 Å². The molecule has 7 heteroatoms. The van der Waals surface area contributed by atoms with Crippen LogP contribution in [-0.4, -0.2) is 44.8 Å². The predicted molar refractivity (Wildman–Crippen MR) is 79.2 cm³/mol. The Morgan fingerprint density at radius 2 is 2.00 bits per heavy atom. The van der Waals surface area contributed by atoms with Crippen molar-refractivity contribution in [3.05, 3.63) is 29.8 Å². The van der Waals surface area contributed by atoms with Crippen molar-refractivity contribution in [3.8, 4) is 0 Å². The molecule has 1 rings (SSSR count). The van der Waals surface area contributed by atoms with Crippen LogP contribution in [0.5, 0.6) is 0 Å². The van der Waals surface area contributed by atoms with E-state index in [2.05, 4.69) is 5.32 Å². The molecule has 0 unspecified atom stereocenters. The summed E-state index contributed by atoms with van der Waals surface area (Å²) >= 11 is -0.163. The average Bonchev–Trinajstić information content (AvgIpc) is 2.45. The number of nitrogens with two attached hydrogens (primary N) is 1. The van der Waals surface area contributed by atoms with E-state index in [0.29, 0.717) is 12.0 Å². The molecule has 3 N–H and O–H groups in total. The van der Waals surface area contributed by atoms with Crippen molar-refractivity contribution in [1.82, 2.24) is 5.32 Å². The zero-order valence-electron chi connectivity index (χ0n) is 11.8. The number of ether oxygens (including phenoxy) is 1. The van der Waals surface area contributed by atoms with Gasteiger partial charge in [-0.3, -0.25) is 0 Å². The van der Waals surface area contributed by atoms with Gasteiger partial charge in [0.25, 0.3) is 0 Å². The molecule has 0 spiro atoms. The van der Waals surface area contributed by atoms with Crippen LogP contribution in [0.15, 0.2) is 24.3 Å². The first kappa shape index (κ1) is 17.2. The van der Waals surface area contributed by atoms with Crippen LogP contribution in [0.4, 0.5) is 0 Å². The van der Waals surface area contributed by atoms with Crippen molar-refractivity contribution < 1.29 is 19.1 Å². The molecule has 2 amide bonds. The van der Waals surface area contributed by atoms with Gasteiger partial charge >= 0.3 is 129 Å². The van der Waals surface area contributed by atoms with Crippen LogP contribution in [0.3, 0.4) is 0 Å². The second-order valence-corrected chi connectivity index (χ2v) is 6.20. The average molecular weight is 357 g/mol. The van der Waals surface area contributed by atoms with Gasteiger partial charge in [0.2, 0.25) is 0 Å². The molecule has 1 aromatic carbocycles. The third-order valence-electron chi connectivity index (χ3n) is 2.44. The standard InChI is InChI=1S/C14H18N2O4Se/c1-2-5-13(18)20-9-21-11-7-4-3-6-10(11)14(19)16-8-12(15)17/h3-4,6-7H,2,5,8-9H2,1H3,(H2,15,17)(H,16,19). The first-order valence-electron chi connectivity index (χ1n) is 6.48. The first-order valence-corrected chi connectivity index (χ1v) is 8.55. The van der Waals surface area contributed by atoms with E-state index in [1.54, 1.807) is 12.1 Å². The van der Waals surface area contributed by atoms with E-state index in [-0.39, 0.29) is 38.9 Å². The molecule has 0 atom stereocenters. The Morgan fingerprint density at radius 1 is 1.29 bits per heavy atom. The van der Waals surface area contributed by atoms with Crippen molar-refractivity contribution in [1.29, 1.82) is 0 Å². The van der Waals surface area contributed by atoms with Crippen LogP contribution in [0, 0.1) is 0 Å². The summed E-state index contributed by atoms with van der Waals surface area (Å²) in [6.45, 7) is 1.70. The fourth-order valence-corrected chi connectivity index (χ4v) is 3.17. The molecule has 114 valence electrons. The predicted octanol–water partition coefficient (Wildman–Crippen LogP) is -0.468. The molecule has 0 saturated carbocycles. The van der Waals surface area contributed by atoms with Gasteiger partial charge in [-0.2, -0.15) is 0 Å². The zero-order chi connectivity index (χ0) is 15.7. The normalized spacial score (nSPS) is 9.95. The molecule has 0 saturated heterocycles. The summed E-state index contributed by atoms with van der Waals surface area (Å²) in [5.74, 6) is -1.18. The molecule has 0 heterocycles. The quantitative estimate of drug-likeness (QED) is 0.486. The third-order valence-corrected chi connectivity index (χ3v) is 4.34. The van der Waals surface area contributed by atoms with Gasteiger partial charge in [0.05, 0.1) is 0 Å². The van der Waals surface area contributed by atoms with E-state index in [9.17, 15) is 14.4 Å². The number of primary amides is 1. The number of hydrogen-bond donors (Lipinski definition) is 2. The molecule has 0 aliphatic carbocycles. The number of carbonyl (C=O) groups excluding carboxylic acids is 3. The van der Waals surface area contributed by atoms with Gasteiger partial charge in [-0.1, -0.05) is 0 Å². The summed E-state index contributed by atoms with van der Waals surface area (Å²) in [7, 11) is 0. The fraction of sp³-hybridized carbons (Fsp3) is 0.357. The molecule has 0 bridgehead atoms. The molecule has 1 aromatic rings. The maximum absolute atomic E-state index is 12.0. The number of rotatable bonds is 8. The van der Waals surface area contributed by atoms with Crippen LogP contribution >= 0.6 is 0 Å². The Bertz CT molecular complexity index is 519. The van der Waals surface area contributed by atoms with Crippen molar-refractivity contribution in [2.45, 2.75) is 19.8 Å².